The molecule has 7 heteroatoms. The first-order valence-electron chi connectivity index (χ1n) is 5.16. The lowest BCUT2D eigenvalue weighted by Crippen LogP contribution is -2.03. The summed E-state index contributed by atoms with van der Waals surface area (Å²) in [7, 11) is 1.28. The number of ether oxygens (including phenoxy) is 1. The summed E-state index contributed by atoms with van der Waals surface area (Å²) < 4.78 is 9.73. The third-order valence-corrected chi connectivity index (χ3v) is 3.11. The standard InChI is InChI=1S/C12H9NO5S/c1-17-12(16)7-3-2-6-13-10(7)19-9-5-4-8(18-9)11(14)15/h2-6H,1H3,(H,14,15). The van der Waals surface area contributed by atoms with Crippen molar-refractivity contribution < 1.29 is 23.8 Å². The highest BCUT2D eigenvalue weighted by Crippen LogP contribution is 2.30. The molecule has 0 bridgehead atoms. The number of aromatic nitrogens is 1. The molecular weight excluding hydrogens is 270 g/mol. The zero-order valence-corrected chi connectivity index (χ0v) is 10.6. The first-order valence-corrected chi connectivity index (χ1v) is 5.98. The monoisotopic (exact) mass is 279 g/mol. The molecule has 0 saturated carbocycles. The average molecular weight is 279 g/mol. The van der Waals surface area contributed by atoms with Crippen LogP contribution >= 0.6 is 11.8 Å². The van der Waals surface area contributed by atoms with Gasteiger partial charge >= 0.3 is 11.9 Å². The van der Waals surface area contributed by atoms with Crippen LogP contribution in [0.5, 0.6) is 0 Å². The highest BCUT2D eigenvalue weighted by atomic mass is 32.2. The third kappa shape index (κ3) is 2.94. The number of pyridine rings is 1. The van der Waals surface area contributed by atoms with E-state index in [1.807, 2.05) is 0 Å². The molecule has 0 aliphatic heterocycles. The predicted molar refractivity (Wildman–Crippen MR) is 65.4 cm³/mol. The predicted octanol–water partition coefficient (Wildman–Crippen LogP) is 2.31. The van der Waals surface area contributed by atoms with Gasteiger partial charge in [0, 0.05) is 6.20 Å². The van der Waals surface area contributed by atoms with Crippen LogP contribution < -0.4 is 0 Å². The molecule has 2 aromatic heterocycles. The van der Waals surface area contributed by atoms with Crippen molar-refractivity contribution >= 4 is 23.7 Å². The second-order valence-electron chi connectivity index (χ2n) is 3.37. The van der Waals surface area contributed by atoms with Gasteiger partial charge in [-0.05, 0) is 36.0 Å². The van der Waals surface area contributed by atoms with Gasteiger partial charge in [0.25, 0.3) is 0 Å². The number of carbonyl (C=O) groups is 2. The maximum Gasteiger partial charge on any atom is 0.371 e. The molecule has 0 saturated heterocycles. The number of hydrogen-bond acceptors (Lipinski definition) is 6. The lowest BCUT2D eigenvalue weighted by atomic mass is 10.3. The van der Waals surface area contributed by atoms with Crippen LogP contribution in [0, 0.1) is 0 Å². The van der Waals surface area contributed by atoms with Crippen molar-refractivity contribution in [2.45, 2.75) is 10.1 Å². The zero-order chi connectivity index (χ0) is 13.8. The number of nitrogens with zero attached hydrogens (tertiary/aromatic N) is 1. The van der Waals surface area contributed by atoms with Gasteiger partial charge in [0.15, 0.2) is 5.09 Å². The van der Waals surface area contributed by atoms with Crippen molar-refractivity contribution in [3.63, 3.8) is 0 Å². The van der Waals surface area contributed by atoms with Crippen LogP contribution in [0.25, 0.3) is 0 Å². The van der Waals surface area contributed by atoms with Crippen LogP contribution in [0.3, 0.4) is 0 Å². The van der Waals surface area contributed by atoms with E-state index in [2.05, 4.69) is 9.72 Å². The summed E-state index contributed by atoms with van der Waals surface area (Å²) in [5, 5.41) is 9.48. The molecular formula is C12H9NO5S. The highest BCUT2D eigenvalue weighted by molar-refractivity contribution is 7.99. The number of carbonyl (C=O) groups excluding carboxylic acids is 1. The molecule has 0 aliphatic carbocycles. The molecule has 0 amide bonds. The molecule has 0 aromatic carbocycles. The first kappa shape index (κ1) is 13.2. The summed E-state index contributed by atoms with van der Waals surface area (Å²) >= 11 is 1.05. The van der Waals surface area contributed by atoms with E-state index >= 15 is 0 Å². The van der Waals surface area contributed by atoms with Gasteiger partial charge in [-0.1, -0.05) is 0 Å². The summed E-state index contributed by atoms with van der Waals surface area (Å²) in [4.78, 5) is 26.3. The Bertz CT molecular complexity index is 622. The fourth-order valence-corrected chi connectivity index (χ4v) is 2.16. The van der Waals surface area contributed by atoms with E-state index in [-0.39, 0.29) is 5.76 Å². The molecule has 19 heavy (non-hydrogen) atoms. The van der Waals surface area contributed by atoms with Gasteiger partial charge in [0.1, 0.15) is 5.03 Å². The van der Waals surface area contributed by atoms with Gasteiger partial charge in [0.05, 0.1) is 12.7 Å². The third-order valence-electron chi connectivity index (χ3n) is 2.17. The molecule has 98 valence electrons. The van der Waals surface area contributed by atoms with Crippen molar-refractivity contribution in [1.29, 1.82) is 0 Å². The number of methoxy groups -OCH3 is 1. The molecule has 0 unspecified atom stereocenters. The second-order valence-corrected chi connectivity index (χ2v) is 4.37. The normalized spacial score (nSPS) is 10.2. The summed E-state index contributed by atoms with van der Waals surface area (Å²) in [5.41, 5.74) is 0.295. The Morgan fingerprint density at radius 2 is 2.16 bits per heavy atom. The Kier molecular flexibility index (Phi) is 3.86. The zero-order valence-electron chi connectivity index (χ0n) is 9.82. The largest absolute Gasteiger partial charge is 0.475 e. The second kappa shape index (κ2) is 5.57. The molecule has 0 spiro atoms. The molecule has 0 aliphatic rings. The van der Waals surface area contributed by atoms with E-state index in [1.54, 1.807) is 12.1 Å². The number of hydrogen-bond donors (Lipinski definition) is 1. The highest BCUT2D eigenvalue weighted by Gasteiger charge is 2.16. The van der Waals surface area contributed by atoms with E-state index in [4.69, 9.17) is 9.52 Å². The Balaban J connectivity index is 2.27. The lowest BCUT2D eigenvalue weighted by molar-refractivity contribution is 0.0594. The minimum Gasteiger partial charge on any atom is -0.475 e. The summed E-state index contributed by atoms with van der Waals surface area (Å²) in [6.07, 6.45) is 1.52. The SMILES string of the molecule is COC(=O)c1cccnc1Sc1ccc(C(=O)O)o1. The van der Waals surface area contributed by atoms with Gasteiger partial charge in [-0.3, -0.25) is 0 Å². The number of carboxylic acid groups (broad SMARTS) is 1. The van der Waals surface area contributed by atoms with Gasteiger partial charge in [-0.15, -0.1) is 0 Å². The number of aromatic carboxylic acids is 1. The topological polar surface area (TPSA) is 89.6 Å². The molecule has 0 fully saturated rings. The van der Waals surface area contributed by atoms with Crippen LogP contribution in [0.1, 0.15) is 20.9 Å². The van der Waals surface area contributed by atoms with E-state index in [1.165, 1.54) is 25.4 Å². The number of carboxylic acids is 1. The lowest BCUT2D eigenvalue weighted by Gasteiger charge is -2.03. The molecule has 2 rings (SSSR count). The molecule has 0 atom stereocenters. The van der Waals surface area contributed by atoms with Gasteiger partial charge < -0.3 is 14.3 Å². The van der Waals surface area contributed by atoms with E-state index in [0.29, 0.717) is 15.7 Å². The van der Waals surface area contributed by atoms with Crippen molar-refractivity contribution in [1.82, 2.24) is 4.98 Å². The van der Waals surface area contributed by atoms with Crippen molar-refractivity contribution in [3.8, 4) is 0 Å². The van der Waals surface area contributed by atoms with E-state index in [9.17, 15) is 9.59 Å². The van der Waals surface area contributed by atoms with Crippen LogP contribution in [-0.2, 0) is 4.74 Å². The molecule has 2 aromatic rings. The number of furan rings is 1. The Hall–Kier alpha value is -2.28. The molecule has 2 heterocycles. The van der Waals surface area contributed by atoms with Gasteiger partial charge in [0.2, 0.25) is 5.76 Å². The van der Waals surface area contributed by atoms with Crippen LogP contribution in [-0.4, -0.2) is 29.1 Å². The van der Waals surface area contributed by atoms with Crippen LogP contribution in [0.4, 0.5) is 0 Å². The van der Waals surface area contributed by atoms with Crippen molar-refractivity contribution in [3.05, 3.63) is 41.8 Å². The fraction of sp³-hybridized carbons (Fsp3) is 0.0833. The average Bonchev–Trinajstić information content (AvgIpc) is 2.87. The smallest absolute Gasteiger partial charge is 0.371 e. The van der Waals surface area contributed by atoms with Crippen LogP contribution in [0.15, 0.2) is 45.0 Å². The Morgan fingerprint density at radius 1 is 1.37 bits per heavy atom. The van der Waals surface area contributed by atoms with Gasteiger partial charge in [-0.25, -0.2) is 14.6 Å². The fourth-order valence-electron chi connectivity index (χ4n) is 1.32. The van der Waals surface area contributed by atoms with Crippen LogP contribution in [0.2, 0.25) is 0 Å². The summed E-state index contributed by atoms with van der Waals surface area (Å²) in [5.74, 6) is -1.83. The van der Waals surface area contributed by atoms with Crippen molar-refractivity contribution in [2.24, 2.45) is 0 Å². The van der Waals surface area contributed by atoms with Crippen molar-refractivity contribution in [2.75, 3.05) is 7.11 Å². The summed E-state index contributed by atoms with van der Waals surface area (Å²) in [6, 6.07) is 6.03. The molecule has 1 N–H and O–H groups in total. The number of esters is 1. The number of rotatable bonds is 4. The first-order chi connectivity index (χ1) is 9.11. The quantitative estimate of drug-likeness (QED) is 0.859. The Labute approximate surface area is 112 Å². The van der Waals surface area contributed by atoms with E-state index in [0.717, 1.165) is 11.8 Å². The minimum absolute atomic E-state index is 0.168. The molecule has 0 radical (unpaired) electrons. The molecule has 6 nitrogen and oxygen atoms in total. The van der Waals surface area contributed by atoms with Gasteiger partial charge in [-0.2, -0.15) is 0 Å². The maximum atomic E-state index is 11.5. The Morgan fingerprint density at radius 3 is 2.79 bits per heavy atom. The summed E-state index contributed by atoms with van der Waals surface area (Å²) in [6.45, 7) is 0. The minimum atomic E-state index is -1.15. The van der Waals surface area contributed by atoms with E-state index < -0.39 is 11.9 Å². The maximum absolute atomic E-state index is 11.5.